The Kier molecular flexibility index (Phi) is 5.77. The predicted octanol–water partition coefficient (Wildman–Crippen LogP) is 3.09. The summed E-state index contributed by atoms with van der Waals surface area (Å²) in [5.41, 5.74) is 0.878. The second-order valence-electron chi connectivity index (χ2n) is 9.57. The van der Waals surface area contributed by atoms with E-state index in [1.54, 1.807) is 6.20 Å². The molecule has 4 fully saturated rings. The Morgan fingerprint density at radius 3 is 2.60 bits per heavy atom. The lowest BCUT2D eigenvalue weighted by Gasteiger charge is -2.37. The average molecular weight is 412 g/mol. The molecular weight excluding hydrogens is 378 g/mol. The second kappa shape index (κ2) is 8.66. The van der Waals surface area contributed by atoms with Gasteiger partial charge in [-0.3, -0.25) is 14.6 Å². The molecular formula is C24H33N3O3. The van der Waals surface area contributed by atoms with Gasteiger partial charge in [-0.1, -0.05) is 18.9 Å². The van der Waals surface area contributed by atoms with Crippen LogP contribution in [0.2, 0.25) is 0 Å². The van der Waals surface area contributed by atoms with Gasteiger partial charge in [-0.05, 0) is 62.5 Å². The molecule has 2 saturated carbocycles. The Bertz CT molecular complexity index is 752. The topological polar surface area (TPSA) is 71.5 Å². The number of carbonyl (C=O) groups excluding carboxylic acids is 2. The van der Waals surface area contributed by atoms with Crippen molar-refractivity contribution >= 4 is 11.8 Å². The third-order valence-corrected chi connectivity index (χ3v) is 7.71. The molecule has 2 saturated heterocycles. The van der Waals surface area contributed by atoms with E-state index in [2.05, 4.69) is 15.2 Å². The third-order valence-electron chi connectivity index (χ3n) is 7.71. The number of ether oxygens (including phenoxy) is 1. The number of nitrogens with zero attached hydrogens (tertiary/aromatic N) is 2. The third kappa shape index (κ3) is 3.98. The summed E-state index contributed by atoms with van der Waals surface area (Å²) in [5, 5.41) is 3.23. The highest BCUT2D eigenvalue weighted by molar-refractivity contribution is 5.83. The van der Waals surface area contributed by atoms with Crippen LogP contribution in [0.4, 0.5) is 0 Å². The number of hydrogen-bond acceptors (Lipinski definition) is 4. The minimum Gasteiger partial charge on any atom is -0.368 e. The molecule has 1 aromatic heterocycles. The largest absolute Gasteiger partial charge is 0.368 e. The monoisotopic (exact) mass is 411 g/mol. The molecule has 4 aliphatic rings. The fraction of sp³-hybridized carbons (Fsp3) is 0.708. The number of hydrogen-bond donors (Lipinski definition) is 1. The van der Waals surface area contributed by atoms with Gasteiger partial charge >= 0.3 is 0 Å². The molecule has 2 aliphatic carbocycles. The Morgan fingerprint density at radius 1 is 1.07 bits per heavy atom. The number of nitrogens with one attached hydrogen (secondary N) is 1. The maximum atomic E-state index is 13.3. The zero-order valence-electron chi connectivity index (χ0n) is 17.7. The van der Waals surface area contributed by atoms with E-state index in [0.717, 1.165) is 37.9 Å². The molecule has 2 amide bonds. The summed E-state index contributed by atoms with van der Waals surface area (Å²) in [6.07, 6.45) is 10.1. The van der Waals surface area contributed by atoms with Crippen LogP contribution in [0.5, 0.6) is 0 Å². The molecule has 2 aliphatic heterocycles. The number of aromatic nitrogens is 1. The van der Waals surface area contributed by atoms with Gasteiger partial charge in [0.1, 0.15) is 6.10 Å². The van der Waals surface area contributed by atoms with Crippen LogP contribution in [0.3, 0.4) is 0 Å². The molecule has 0 unspecified atom stereocenters. The lowest BCUT2D eigenvalue weighted by atomic mass is 9.88. The molecule has 1 N–H and O–H groups in total. The van der Waals surface area contributed by atoms with Gasteiger partial charge in [-0.15, -0.1) is 0 Å². The van der Waals surface area contributed by atoms with Gasteiger partial charge in [0.2, 0.25) is 11.8 Å². The smallest absolute Gasteiger partial charge is 0.249 e. The minimum atomic E-state index is -0.355. The first kappa shape index (κ1) is 20.0. The maximum Gasteiger partial charge on any atom is 0.249 e. The molecule has 30 heavy (non-hydrogen) atoms. The van der Waals surface area contributed by atoms with Gasteiger partial charge in [0.05, 0.1) is 11.7 Å². The molecule has 5 rings (SSSR count). The lowest BCUT2D eigenvalue weighted by molar-refractivity contribution is -0.135. The fourth-order valence-corrected chi connectivity index (χ4v) is 6.08. The predicted molar refractivity (Wildman–Crippen MR) is 112 cm³/mol. The first-order valence-electron chi connectivity index (χ1n) is 11.8. The summed E-state index contributed by atoms with van der Waals surface area (Å²) in [6, 6.07) is 5.67. The summed E-state index contributed by atoms with van der Waals surface area (Å²) < 4.78 is 5.60. The maximum absolute atomic E-state index is 13.3. The Labute approximate surface area is 178 Å². The average Bonchev–Trinajstić information content (AvgIpc) is 3.25. The normalized spacial score (nSPS) is 34.1. The van der Waals surface area contributed by atoms with E-state index in [0.29, 0.717) is 30.9 Å². The van der Waals surface area contributed by atoms with Crippen molar-refractivity contribution in [3.8, 4) is 0 Å². The Hall–Kier alpha value is -1.95. The van der Waals surface area contributed by atoms with Crippen LogP contribution >= 0.6 is 0 Å². The number of rotatable bonds is 5. The van der Waals surface area contributed by atoms with Crippen LogP contribution in [0.15, 0.2) is 24.4 Å². The molecule has 0 bridgehead atoms. The second-order valence-corrected chi connectivity index (χ2v) is 9.57. The molecule has 6 heteroatoms. The van der Waals surface area contributed by atoms with Gasteiger partial charge in [-0.25, -0.2) is 0 Å². The summed E-state index contributed by atoms with van der Waals surface area (Å²) >= 11 is 0. The molecule has 0 radical (unpaired) electrons. The van der Waals surface area contributed by atoms with E-state index < -0.39 is 0 Å². The number of amides is 2. The minimum absolute atomic E-state index is 0.0418. The van der Waals surface area contributed by atoms with E-state index in [1.165, 1.54) is 25.7 Å². The number of piperidine rings is 1. The number of pyridine rings is 1. The van der Waals surface area contributed by atoms with E-state index in [9.17, 15) is 9.59 Å². The van der Waals surface area contributed by atoms with E-state index in [1.807, 2.05) is 18.2 Å². The van der Waals surface area contributed by atoms with Crippen molar-refractivity contribution in [1.29, 1.82) is 0 Å². The summed E-state index contributed by atoms with van der Waals surface area (Å²) in [4.78, 5) is 32.7. The Balaban J connectivity index is 1.29. The number of fused-ring (bicyclic) bond motifs is 1. The summed E-state index contributed by atoms with van der Waals surface area (Å²) in [5.74, 6) is 2.04. The summed E-state index contributed by atoms with van der Waals surface area (Å²) in [7, 11) is 0. The molecule has 162 valence electrons. The molecule has 6 nitrogen and oxygen atoms in total. The van der Waals surface area contributed by atoms with Crippen molar-refractivity contribution < 1.29 is 14.3 Å². The van der Waals surface area contributed by atoms with E-state index in [4.69, 9.17) is 4.74 Å². The van der Waals surface area contributed by atoms with Crippen LogP contribution in [-0.2, 0) is 14.3 Å². The van der Waals surface area contributed by atoms with Gasteiger partial charge < -0.3 is 15.0 Å². The molecule has 5 atom stereocenters. The SMILES string of the molecule is O=C(N[C@H](c1ccccn1)[C@@H]1CCCN(C(=O)C2[C@@H]3CCCC[C@@H]23)C1)[C@@H]1CCCO1. The van der Waals surface area contributed by atoms with Gasteiger partial charge in [0.15, 0.2) is 0 Å². The molecule has 1 aromatic rings. The summed E-state index contributed by atoms with van der Waals surface area (Å²) in [6.45, 7) is 2.21. The van der Waals surface area contributed by atoms with Gasteiger partial charge in [-0.2, -0.15) is 0 Å². The highest BCUT2D eigenvalue weighted by atomic mass is 16.5. The van der Waals surface area contributed by atoms with Crippen molar-refractivity contribution in [2.24, 2.45) is 23.7 Å². The molecule has 0 spiro atoms. The van der Waals surface area contributed by atoms with E-state index >= 15 is 0 Å². The molecule has 3 heterocycles. The van der Waals surface area contributed by atoms with Gasteiger partial charge in [0.25, 0.3) is 0 Å². The zero-order valence-corrected chi connectivity index (χ0v) is 17.7. The Morgan fingerprint density at radius 2 is 1.90 bits per heavy atom. The van der Waals surface area contributed by atoms with Crippen LogP contribution in [0, 0.1) is 23.7 Å². The first-order valence-corrected chi connectivity index (χ1v) is 11.8. The number of carbonyl (C=O) groups is 2. The van der Waals surface area contributed by atoms with Crippen molar-refractivity contribution in [3.05, 3.63) is 30.1 Å². The zero-order chi connectivity index (χ0) is 20.5. The van der Waals surface area contributed by atoms with Crippen LogP contribution in [0.1, 0.15) is 63.1 Å². The van der Waals surface area contributed by atoms with Crippen LogP contribution in [-0.4, -0.2) is 47.5 Å². The van der Waals surface area contributed by atoms with Crippen molar-refractivity contribution in [2.45, 2.75) is 63.5 Å². The van der Waals surface area contributed by atoms with Crippen molar-refractivity contribution in [3.63, 3.8) is 0 Å². The highest BCUT2D eigenvalue weighted by Gasteiger charge is 2.56. The fourth-order valence-electron chi connectivity index (χ4n) is 6.08. The standard InChI is InChI=1S/C24H33N3O3/c28-23(20-11-6-14-30-20)26-22(19-10-3-4-12-25-19)16-7-5-13-27(15-16)24(29)21-17-8-1-2-9-18(17)21/h3-4,10,12,16-18,20-22H,1-2,5-9,11,13-15H2,(H,26,28)/t16-,17-,18-,20+,22+/m1/s1. The quantitative estimate of drug-likeness (QED) is 0.808. The van der Waals surface area contributed by atoms with E-state index in [-0.39, 0.29) is 29.9 Å². The van der Waals surface area contributed by atoms with Gasteiger partial charge in [0, 0.05) is 37.7 Å². The van der Waals surface area contributed by atoms with Crippen molar-refractivity contribution in [1.82, 2.24) is 15.2 Å². The van der Waals surface area contributed by atoms with Crippen LogP contribution < -0.4 is 5.32 Å². The van der Waals surface area contributed by atoms with Crippen LogP contribution in [0.25, 0.3) is 0 Å². The first-order chi connectivity index (χ1) is 14.7. The van der Waals surface area contributed by atoms with Crippen molar-refractivity contribution in [2.75, 3.05) is 19.7 Å². The molecule has 0 aromatic carbocycles. The number of likely N-dealkylation sites (tertiary alicyclic amines) is 1. The highest BCUT2D eigenvalue weighted by Crippen LogP contribution is 2.56. The lowest BCUT2D eigenvalue weighted by Crippen LogP contribution is -2.47.